The van der Waals surface area contributed by atoms with Crippen molar-refractivity contribution >= 4 is 5.91 Å². The summed E-state index contributed by atoms with van der Waals surface area (Å²) in [6.45, 7) is 9.91. The molecule has 4 heteroatoms. The molecule has 0 atom stereocenters. The van der Waals surface area contributed by atoms with Crippen LogP contribution in [0.4, 0.5) is 0 Å². The minimum Gasteiger partial charge on any atom is -0.351 e. The van der Waals surface area contributed by atoms with E-state index in [1.807, 2.05) is 26.0 Å². The first-order valence-electron chi connectivity index (χ1n) is 6.95. The number of carbonyl (C=O) groups excluding carboxylic acids is 1. The Morgan fingerprint density at radius 2 is 1.84 bits per heavy atom. The molecule has 1 aliphatic heterocycles. The van der Waals surface area contributed by atoms with E-state index in [-0.39, 0.29) is 5.91 Å². The number of piperazine rings is 1. The third-order valence-corrected chi connectivity index (χ3v) is 3.41. The Morgan fingerprint density at radius 1 is 1.21 bits per heavy atom. The van der Waals surface area contributed by atoms with Gasteiger partial charge in [0.15, 0.2) is 0 Å². The molecule has 2 rings (SSSR count). The first-order chi connectivity index (χ1) is 9.15. The van der Waals surface area contributed by atoms with E-state index >= 15 is 0 Å². The topological polar surface area (TPSA) is 44.4 Å². The second-order valence-corrected chi connectivity index (χ2v) is 5.22. The highest BCUT2D eigenvalue weighted by Crippen LogP contribution is 2.08. The standard InChI is InChI=1S/C15H23N3O/c1-12-9-13(2)11-14(10-12)15(19)17-5-8-18-6-3-16-4-7-18/h9-11,16H,3-8H2,1-2H3,(H,17,19). The van der Waals surface area contributed by atoms with Crippen LogP contribution in [0, 0.1) is 13.8 Å². The summed E-state index contributed by atoms with van der Waals surface area (Å²) in [5, 5.41) is 6.32. The van der Waals surface area contributed by atoms with Gasteiger partial charge in [-0.25, -0.2) is 0 Å². The van der Waals surface area contributed by atoms with Crippen molar-refractivity contribution in [1.82, 2.24) is 15.5 Å². The van der Waals surface area contributed by atoms with Gasteiger partial charge in [-0.15, -0.1) is 0 Å². The lowest BCUT2D eigenvalue weighted by atomic mass is 10.1. The largest absolute Gasteiger partial charge is 0.351 e. The summed E-state index contributed by atoms with van der Waals surface area (Å²) in [4.78, 5) is 14.4. The quantitative estimate of drug-likeness (QED) is 0.848. The number of rotatable bonds is 4. The molecule has 1 fully saturated rings. The van der Waals surface area contributed by atoms with Crippen LogP contribution in [0.25, 0.3) is 0 Å². The zero-order chi connectivity index (χ0) is 13.7. The smallest absolute Gasteiger partial charge is 0.251 e. The summed E-state index contributed by atoms with van der Waals surface area (Å²) in [6.07, 6.45) is 0. The lowest BCUT2D eigenvalue weighted by Crippen LogP contribution is -2.46. The number of hydrogen-bond acceptors (Lipinski definition) is 3. The van der Waals surface area contributed by atoms with E-state index < -0.39 is 0 Å². The number of nitrogens with zero attached hydrogens (tertiary/aromatic N) is 1. The van der Waals surface area contributed by atoms with Gasteiger partial charge in [-0.3, -0.25) is 9.69 Å². The maximum atomic E-state index is 12.0. The fraction of sp³-hybridized carbons (Fsp3) is 0.533. The summed E-state index contributed by atoms with van der Waals surface area (Å²) in [7, 11) is 0. The third-order valence-electron chi connectivity index (χ3n) is 3.41. The van der Waals surface area contributed by atoms with E-state index in [2.05, 4.69) is 21.6 Å². The fourth-order valence-electron chi connectivity index (χ4n) is 2.47. The molecule has 0 saturated carbocycles. The molecule has 4 nitrogen and oxygen atoms in total. The predicted octanol–water partition coefficient (Wildman–Crippen LogP) is 0.938. The van der Waals surface area contributed by atoms with Gasteiger partial charge in [0.25, 0.3) is 5.91 Å². The van der Waals surface area contributed by atoms with Crippen molar-refractivity contribution in [1.29, 1.82) is 0 Å². The molecule has 1 aromatic rings. The van der Waals surface area contributed by atoms with Crippen molar-refractivity contribution in [3.63, 3.8) is 0 Å². The maximum absolute atomic E-state index is 12.0. The normalized spacial score (nSPS) is 16.3. The minimum atomic E-state index is 0.0296. The van der Waals surface area contributed by atoms with Gasteiger partial charge in [0.1, 0.15) is 0 Å². The number of carbonyl (C=O) groups is 1. The molecule has 0 bridgehead atoms. The molecule has 1 aliphatic rings. The highest BCUT2D eigenvalue weighted by Gasteiger charge is 2.10. The molecule has 0 radical (unpaired) electrons. The number of hydrogen-bond donors (Lipinski definition) is 2. The SMILES string of the molecule is Cc1cc(C)cc(C(=O)NCCN2CCNCC2)c1. The lowest BCUT2D eigenvalue weighted by Gasteiger charge is -2.27. The van der Waals surface area contributed by atoms with E-state index in [0.29, 0.717) is 6.54 Å². The van der Waals surface area contributed by atoms with Crippen molar-refractivity contribution in [3.8, 4) is 0 Å². The minimum absolute atomic E-state index is 0.0296. The predicted molar refractivity (Wildman–Crippen MR) is 77.6 cm³/mol. The maximum Gasteiger partial charge on any atom is 0.251 e. The Kier molecular flexibility index (Phi) is 4.93. The van der Waals surface area contributed by atoms with Crippen molar-refractivity contribution in [3.05, 3.63) is 34.9 Å². The van der Waals surface area contributed by atoms with Gasteiger partial charge in [0, 0.05) is 44.8 Å². The van der Waals surface area contributed by atoms with Gasteiger partial charge in [0.2, 0.25) is 0 Å². The lowest BCUT2D eigenvalue weighted by molar-refractivity contribution is 0.0947. The van der Waals surface area contributed by atoms with Crippen LogP contribution < -0.4 is 10.6 Å². The van der Waals surface area contributed by atoms with E-state index in [1.165, 1.54) is 0 Å². The van der Waals surface area contributed by atoms with Crippen LogP contribution in [0.2, 0.25) is 0 Å². The molecule has 0 aliphatic carbocycles. The van der Waals surface area contributed by atoms with Crippen molar-refractivity contribution < 1.29 is 4.79 Å². The molecule has 0 unspecified atom stereocenters. The number of benzene rings is 1. The summed E-state index contributed by atoms with van der Waals surface area (Å²) in [5.41, 5.74) is 3.03. The van der Waals surface area contributed by atoms with Gasteiger partial charge in [-0.05, 0) is 26.0 Å². The van der Waals surface area contributed by atoms with E-state index in [1.54, 1.807) is 0 Å². The summed E-state index contributed by atoms with van der Waals surface area (Å²) in [5.74, 6) is 0.0296. The van der Waals surface area contributed by atoms with E-state index in [9.17, 15) is 4.79 Å². The van der Waals surface area contributed by atoms with Gasteiger partial charge in [0.05, 0.1) is 0 Å². The van der Waals surface area contributed by atoms with Crippen LogP contribution in [0.5, 0.6) is 0 Å². The van der Waals surface area contributed by atoms with Crippen LogP contribution in [0.3, 0.4) is 0 Å². The average molecular weight is 261 g/mol. The number of nitrogens with one attached hydrogen (secondary N) is 2. The van der Waals surface area contributed by atoms with E-state index in [4.69, 9.17) is 0 Å². The molecule has 2 N–H and O–H groups in total. The first kappa shape index (κ1) is 14.0. The third kappa shape index (κ3) is 4.33. The molecule has 104 valence electrons. The fourth-order valence-corrected chi connectivity index (χ4v) is 2.47. The summed E-state index contributed by atoms with van der Waals surface area (Å²) < 4.78 is 0. The molecule has 0 aromatic heterocycles. The Morgan fingerprint density at radius 3 is 2.47 bits per heavy atom. The zero-order valence-electron chi connectivity index (χ0n) is 11.8. The molecular formula is C15H23N3O. The average Bonchev–Trinajstić information content (AvgIpc) is 2.38. The van der Waals surface area contributed by atoms with Crippen molar-refractivity contribution in [2.75, 3.05) is 39.3 Å². The molecule has 1 saturated heterocycles. The molecule has 1 aromatic carbocycles. The summed E-state index contributed by atoms with van der Waals surface area (Å²) >= 11 is 0. The Labute approximate surface area is 115 Å². The molecule has 19 heavy (non-hydrogen) atoms. The Bertz CT molecular complexity index is 419. The molecular weight excluding hydrogens is 238 g/mol. The van der Waals surface area contributed by atoms with Gasteiger partial charge >= 0.3 is 0 Å². The number of aryl methyl sites for hydroxylation is 2. The first-order valence-corrected chi connectivity index (χ1v) is 6.95. The highest BCUT2D eigenvalue weighted by molar-refractivity contribution is 5.94. The Balaban J connectivity index is 1.80. The zero-order valence-corrected chi connectivity index (χ0v) is 11.8. The van der Waals surface area contributed by atoms with Gasteiger partial charge in [-0.2, -0.15) is 0 Å². The van der Waals surface area contributed by atoms with E-state index in [0.717, 1.165) is 49.4 Å². The van der Waals surface area contributed by atoms with Crippen LogP contribution in [-0.2, 0) is 0 Å². The molecule has 1 amide bonds. The van der Waals surface area contributed by atoms with Crippen LogP contribution in [-0.4, -0.2) is 50.1 Å². The number of amides is 1. The van der Waals surface area contributed by atoms with Crippen molar-refractivity contribution in [2.45, 2.75) is 13.8 Å². The Hall–Kier alpha value is -1.39. The highest BCUT2D eigenvalue weighted by atomic mass is 16.1. The molecule has 0 spiro atoms. The van der Waals surface area contributed by atoms with Crippen molar-refractivity contribution in [2.24, 2.45) is 0 Å². The summed E-state index contributed by atoms with van der Waals surface area (Å²) in [6, 6.07) is 5.96. The van der Waals surface area contributed by atoms with Gasteiger partial charge < -0.3 is 10.6 Å². The van der Waals surface area contributed by atoms with Crippen LogP contribution >= 0.6 is 0 Å². The second-order valence-electron chi connectivity index (χ2n) is 5.22. The van der Waals surface area contributed by atoms with Crippen LogP contribution in [0.15, 0.2) is 18.2 Å². The second kappa shape index (κ2) is 6.68. The van der Waals surface area contributed by atoms with Gasteiger partial charge in [-0.1, -0.05) is 17.2 Å². The monoisotopic (exact) mass is 261 g/mol. The molecule has 1 heterocycles. The van der Waals surface area contributed by atoms with Crippen LogP contribution in [0.1, 0.15) is 21.5 Å².